The van der Waals surface area contributed by atoms with Crippen molar-refractivity contribution in [1.82, 2.24) is 14.1 Å². The van der Waals surface area contributed by atoms with Crippen molar-refractivity contribution in [2.75, 3.05) is 12.8 Å². The molecule has 0 aliphatic heterocycles. The van der Waals surface area contributed by atoms with Crippen LogP contribution in [0.3, 0.4) is 0 Å². The molecule has 1 aromatic heterocycles. The van der Waals surface area contributed by atoms with E-state index in [1.165, 1.54) is 18.0 Å². The van der Waals surface area contributed by atoms with Gasteiger partial charge in [0, 0.05) is 6.26 Å². The zero-order valence-corrected chi connectivity index (χ0v) is 13.7. The highest BCUT2D eigenvalue weighted by Gasteiger charge is 2.34. The van der Waals surface area contributed by atoms with Crippen LogP contribution in [-0.4, -0.2) is 35.2 Å². The lowest BCUT2D eigenvalue weighted by Crippen LogP contribution is -2.36. The second kappa shape index (κ2) is 6.95. The molecule has 2 rings (SSSR count). The Morgan fingerprint density at radius 3 is 2.90 bits per heavy atom. The average Bonchev–Trinajstić information content (AvgIpc) is 2.92. The van der Waals surface area contributed by atoms with Crippen LogP contribution in [0.15, 0.2) is 6.20 Å². The molecule has 1 N–H and O–H groups in total. The maximum absolute atomic E-state index is 11.8. The van der Waals surface area contributed by atoms with Gasteiger partial charge in [0.15, 0.2) is 0 Å². The lowest BCUT2D eigenvalue weighted by Gasteiger charge is -2.33. The molecule has 7 heteroatoms. The third kappa shape index (κ3) is 3.99. The fourth-order valence-electron chi connectivity index (χ4n) is 2.99. The largest absolute Gasteiger partial charge is 0.308 e. The zero-order chi connectivity index (χ0) is 14.6. The summed E-state index contributed by atoms with van der Waals surface area (Å²) in [4.78, 5) is 0. The fraction of sp³-hybridized carbons (Fsp3) is 0.846. The van der Waals surface area contributed by atoms with E-state index in [0.717, 1.165) is 44.3 Å². The first-order chi connectivity index (χ1) is 9.52. The molecule has 0 amide bonds. The summed E-state index contributed by atoms with van der Waals surface area (Å²) >= 11 is 1.21. The Bertz CT molecular complexity index is 502. The quantitative estimate of drug-likeness (QED) is 0.870. The summed E-state index contributed by atoms with van der Waals surface area (Å²) in [6, 6.07) is 0.137. The number of rotatable bonds is 6. The molecule has 1 aliphatic rings. The first-order valence-electron chi connectivity index (χ1n) is 7.22. The van der Waals surface area contributed by atoms with E-state index < -0.39 is 9.84 Å². The molecule has 0 bridgehead atoms. The molecule has 1 fully saturated rings. The van der Waals surface area contributed by atoms with E-state index in [0.29, 0.717) is 5.92 Å². The van der Waals surface area contributed by atoms with Crippen molar-refractivity contribution in [2.24, 2.45) is 5.92 Å². The van der Waals surface area contributed by atoms with Gasteiger partial charge in [0.2, 0.25) is 0 Å². The van der Waals surface area contributed by atoms with Crippen LogP contribution in [-0.2, 0) is 9.84 Å². The Labute approximate surface area is 125 Å². The van der Waals surface area contributed by atoms with Gasteiger partial charge in [-0.05, 0) is 38.1 Å². The number of nitrogens with zero attached hydrogens (tertiary/aromatic N) is 2. The Morgan fingerprint density at radius 2 is 2.30 bits per heavy atom. The summed E-state index contributed by atoms with van der Waals surface area (Å²) in [5.74, 6) is 0.332. The molecule has 20 heavy (non-hydrogen) atoms. The maximum atomic E-state index is 11.8. The van der Waals surface area contributed by atoms with Crippen LogP contribution in [0, 0.1) is 5.92 Å². The van der Waals surface area contributed by atoms with Crippen LogP contribution >= 0.6 is 11.7 Å². The van der Waals surface area contributed by atoms with Gasteiger partial charge < -0.3 is 5.32 Å². The zero-order valence-electron chi connectivity index (χ0n) is 12.1. The van der Waals surface area contributed by atoms with E-state index in [2.05, 4.69) is 21.0 Å². The minimum absolute atomic E-state index is 0.137. The molecular formula is C13H23N3O2S2. The average molecular weight is 317 g/mol. The minimum Gasteiger partial charge on any atom is -0.308 e. The predicted octanol–water partition coefficient (Wildman–Crippen LogP) is 2.18. The van der Waals surface area contributed by atoms with Gasteiger partial charge in [0.1, 0.15) is 9.84 Å². The Morgan fingerprint density at radius 1 is 1.50 bits per heavy atom. The van der Waals surface area contributed by atoms with Crippen molar-refractivity contribution in [2.45, 2.75) is 50.3 Å². The van der Waals surface area contributed by atoms with Crippen LogP contribution in [0.5, 0.6) is 0 Å². The lowest BCUT2D eigenvalue weighted by molar-refractivity contribution is 0.270. The SMILES string of the molecule is CCCNC(c1cnsn1)C1CCCC(S(C)(=O)=O)C1. The van der Waals surface area contributed by atoms with Crippen molar-refractivity contribution in [3.05, 3.63) is 11.9 Å². The lowest BCUT2D eigenvalue weighted by atomic mass is 9.82. The van der Waals surface area contributed by atoms with Crippen LogP contribution in [0.1, 0.15) is 50.8 Å². The smallest absolute Gasteiger partial charge is 0.150 e. The first-order valence-corrected chi connectivity index (χ1v) is 9.90. The third-order valence-corrected chi connectivity index (χ3v) is 6.19. The predicted molar refractivity (Wildman–Crippen MR) is 81.5 cm³/mol. The molecule has 114 valence electrons. The molecule has 5 nitrogen and oxygen atoms in total. The highest BCUT2D eigenvalue weighted by molar-refractivity contribution is 7.91. The highest BCUT2D eigenvalue weighted by Crippen LogP contribution is 2.36. The van der Waals surface area contributed by atoms with Gasteiger partial charge >= 0.3 is 0 Å². The van der Waals surface area contributed by atoms with E-state index in [4.69, 9.17) is 0 Å². The molecule has 1 aromatic rings. The summed E-state index contributed by atoms with van der Waals surface area (Å²) in [7, 11) is -2.94. The monoisotopic (exact) mass is 317 g/mol. The molecule has 0 saturated heterocycles. The van der Waals surface area contributed by atoms with Gasteiger partial charge in [-0.3, -0.25) is 0 Å². The Balaban J connectivity index is 2.12. The molecule has 1 heterocycles. The van der Waals surface area contributed by atoms with E-state index >= 15 is 0 Å². The summed E-state index contributed by atoms with van der Waals surface area (Å²) < 4.78 is 32.1. The minimum atomic E-state index is -2.94. The molecule has 1 aliphatic carbocycles. The van der Waals surface area contributed by atoms with Gasteiger partial charge in [-0.25, -0.2) is 8.42 Å². The van der Waals surface area contributed by atoms with Gasteiger partial charge in [0.05, 0.1) is 34.9 Å². The van der Waals surface area contributed by atoms with Crippen LogP contribution < -0.4 is 5.32 Å². The Kier molecular flexibility index (Phi) is 5.51. The summed E-state index contributed by atoms with van der Waals surface area (Å²) in [6.45, 7) is 3.05. The fourth-order valence-corrected chi connectivity index (χ4v) is 4.64. The van der Waals surface area contributed by atoms with Crippen LogP contribution in [0.2, 0.25) is 0 Å². The molecule has 0 spiro atoms. The number of hydrogen-bond donors (Lipinski definition) is 1. The van der Waals surface area contributed by atoms with Crippen molar-refractivity contribution in [1.29, 1.82) is 0 Å². The number of aromatic nitrogens is 2. The second-order valence-corrected chi connectivity index (χ2v) is 8.52. The topological polar surface area (TPSA) is 72.0 Å². The van der Waals surface area contributed by atoms with Crippen molar-refractivity contribution in [3.63, 3.8) is 0 Å². The number of sulfone groups is 1. The summed E-state index contributed by atoms with van der Waals surface area (Å²) in [6.07, 6.45) is 7.79. The molecular weight excluding hydrogens is 294 g/mol. The highest BCUT2D eigenvalue weighted by atomic mass is 32.2. The molecule has 0 radical (unpaired) electrons. The molecule has 3 unspecified atom stereocenters. The van der Waals surface area contributed by atoms with Crippen molar-refractivity contribution >= 4 is 21.6 Å². The van der Waals surface area contributed by atoms with Gasteiger partial charge in [0.25, 0.3) is 0 Å². The first kappa shape index (κ1) is 15.9. The van der Waals surface area contributed by atoms with Crippen molar-refractivity contribution < 1.29 is 8.42 Å². The van der Waals surface area contributed by atoms with E-state index in [1.54, 1.807) is 0 Å². The normalized spacial score (nSPS) is 25.5. The molecule has 1 saturated carbocycles. The molecule has 3 atom stereocenters. The van der Waals surface area contributed by atoms with E-state index in [1.807, 2.05) is 6.20 Å². The Hall–Kier alpha value is -0.530. The van der Waals surface area contributed by atoms with Crippen molar-refractivity contribution in [3.8, 4) is 0 Å². The second-order valence-electron chi connectivity index (χ2n) is 5.64. The summed E-state index contributed by atoms with van der Waals surface area (Å²) in [5, 5.41) is 3.33. The van der Waals surface area contributed by atoms with Gasteiger partial charge in [-0.1, -0.05) is 13.3 Å². The van der Waals surface area contributed by atoms with E-state index in [-0.39, 0.29) is 11.3 Å². The standard InChI is InChI=1S/C13H23N3O2S2/c1-3-7-14-13(12-9-15-19-16-12)10-5-4-6-11(8-10)20(2,17)18/h9-11,13-14H,3-8H2,1-2H3. The van der Waals surface area contributed by atoms with Gasteiger partial charge in [-0.15, -0.1) is 0 Å². The molecule has 0 aromatic carbocycles. The summed E-state index contributed by atoms with van der Waals surface area (Å²) in [5.41, 5.74) is 0.961. The van der Waals surface area contributed by atoms with E-state index in [9.17, 15) is 8.42 Å². The van der Waals surface area contributed by atoms with Crippen LogP contribution in [0.25, 0.3) is 0 Å². The van der Waals surface area contributed by atoms with Gasteiger partial charge in [-0.2, -0.15) is 8.75 Å². The van der Waals surface area contributed by atoms with Crippen LogP contribution in [0.4, 0.5) is 0 Å². The maximum Gasteiger partial charge on any atom is 0.150 e. The number of nitrogens with one attached hydrogen (secondary N) is 1. The number of hydrogen-bond acceptors (Lipinski definition) is 6. The third-order valence-electron chi connectivity index (χ3n) is 4.05.